The molecule has 0 saturated heterocycles. The van der Waals surface area contributed by atoms with Crippen molar-refractivity contribution >= 4 is 22.9 Å². The summed E-state index contributed by atoms with van der Waals surface area (Å²) in [7, 11) is 0. The fourth-order valence-corrected chi connectivity index (χ4v) is 5.32. The second kappa shape index (κ2) is 10.8. The number of hydrogen-bond donors (Lipinski definition) is 1. The smallest absolute Gasteiger partial charge is 0.247 e. The minimum Gasteiger partial charge on any atom is -0.355 e. The van der Waals surface area contributed by atoms with Crippen molar-refractivity contribution in [3.8, 4) is 0 Å². The van der Waals surface area contributed by atoms with Gasteiger partial charge in [0, 0.05) is 23.2 Å². The molecule has 0 spiro atoms. The third-order valence-corrected chi connectivity index (χ3v) is 7.25. The van der Waals surface area contributed by atoms with Gasteiger partial charge in [0.1, 0.15) is 11.9 Å². The summed E-state index contributed by atoms with van der Waals surface area (Å²) in [5.41, 5.74) is 2.76. The lowest BCUT2D eigenvalue weighted by atomic mass is 9.93. The molecule has 1 saturated carbocycles. The number of nitrogens with zero attached hydrogens (tertiary/aromatic N) is 1. The average molecular weight is 451 g/mol. The standard InChI is InChI=1S/C27H31FN2OS/c1-20-9-5-6-15-25(20)26(27(31)29-22-11-3-2-4-12-22)30(17-16-24-14-8-18-32-24)23-13-7-10-21(28)19-23/h5-10,13-15,18-19,22,26H,2-4,11-12,16-17H2,1H3,(H,29,31). The van der Waals surface area contributed by atoms with Gasteiger partial charge in [0.05, 0.1) is 0 Å². The van der Waals surface area contributed by atoms with Crippen LogP contribution in [0.4, 0.5) is 10.1 Å². The number of carbonyl (C=O) groups excluding carboxylic acids is 1. The fraction of sp³-hybridized carbons (Fsp3) is 0.370. The van der Waals surface area contributed by atoms with Crippen molar-refractivity contribution < 1.29 is 9.18 Å². The molecule has 1 N–H and O–H groups in total. The number of aryl methyl sites for hydroxylation is 1. The molecule has 32 heavy (non-hydrogen) atoms. The molecule has 0 aliphatic heterocycles. The molecule has 1 amide bonds. The predicted molar refractivity (Wildman–Crippen MR) is 131 cm³/mol. The largest absolute Gasteiger partial charge is 0.355 e. The maximum absolute atomic E-state index is 14.2. The highest BCUT2D eigenvalue weighted by Crippen LogP contribution is 2.31. The number of rotatable bonds is 8. The molecule has 168 valence electrons. The lowest BCUT2D eigenvalue weighted by molar-refractivity contribution is -0.123. The highest BCUT2D eigenvalue weighted by Gasteiger charge is 2.31. The van der Waals surface area contributed by atoms with E-state index in [1.165, 1.54) is 23.4 Å². The summed E-state index contributed by atoms with van der Waals surface area (Å²) >= 11 is 1.71. The molecular weight excluding hydrogens is 419 g/mol. The Morgan fingerprint density at radius 2 is 1.91 bits per heavy atom. The lowest BCUT2D eigenvalue weighted by Gasteiger charge is -2.35. The minimum absolute atomic E-state index is 0.00152. The molecule has 5 heteroatoms. The maximum atomic E-state index is 14.2. The summed E-state index contributed by atoms with van der Waals surface area (Å²) in [6.45, 7) is 2.67. The molecule has 1 atom stereocenters. The van der Waals surface area contributed by atoms with Crippen LogP contribution in [0.2, 0.25) is 0 Å². The second-order valence-electron chi connectivity index (χ2n) is 8.61. The van der Waals surface area contributed by atoms with Crippen molar-refractivity contribution in [1.82, 2.24) is 5.32 Å². The molecule has 3 aromatic rings. The highest BCUT2D eigenvalue weighted by atomic mass is 32.1. The van der Waals surface area contributed by atoms with Gasteiger partial charge >= 0.3 is 0 Å². The van der Waals surface area contributed by atoms with E-state index < -0.39 is 6.04 Å². The van der Waals surface area contributed by atoms with Gasteiger partial charge in [0.25, 0.3) is 0 Å². The minimum atomic E-state index is -0.514. The first-order chi connectivity index (χ1) is 15.6. The molecule has 1 fully saturated rings. The third-order valence-electron chi connectivity index (χ3n) is 6.31. The SMILES string of the molecule is Cc1ccccc1C(C(=O)NC1CCCCC1)N(CCc1cccs1)c1cccc(F)c1. The number of amides is 1. The lowest BCUT2D eigenvalue weighted by Crippen LogP contribution is -2.46. The summed E-state index contributed by atoms with van der Waals surface area (Å²) in [5, 5.41) is 5.40. The van der Waals surface area contributed by atoms with Crippen LogP contribution in [-0.2, 0) is 11.2 Å². The van der Waals surface area contributed by atoms with Gasteiger partial charge in [-0.05, 0) is 67.0 Å². The van der Waals surface area contributed by atoms with Crippen molar-refractivity contribution in [3.63, 3.8) is 0 Å². The number of halogens is 1. The van der Waals surface area contributed by atoms with Crippen molar-refractivity contribution in [2.75, 3.05) is 11.4 Å². The normalized spacial score (nSPS) is 15.3. The predicted octanol–water partition coefficient (Wildman–Crippen LogP) is 6.43. The monoisotopic (exact) mass is 450 g/mol. The van der Waals surface area contributed by atoms with E-state index in [9.17, 15) is 9.18 Å². The van der Waals surface area contributed by atoms with Gasteiger partial charge in [-0.25, -0.2) is 4.39 Å². The topological polar surface area (TPSA) is 32.3 Å². The van der Waals surface area contributed by atoms with E-state index in [1.54, 1.807) is 17.4 Å². The Morgan fingerprint density at radius 3 is 2.62 bits per heavy atom. The van der Waals surface area contributed by atoms with Crippen molar-refractivity contribution in [2.24, 2.45) is 0 Å². The summed E-state index contributed by atoms with van der Waals surface area (Å²) < 4.78 is 14.2. The Bertz CT molecular complexity index is 1010. The fourth-order valence-electron chi connectivity index (χ4n) is 4.62. The molecule has 1 heterocycles. The molecule has 3 nitrogen and oxygen atoms in total. The first-order valence-corrected chi connectivity index (χ1v) is 12.4. The quantitative estimate of drug-likeness (QED) is 0.429. The molecule has 1 aliphatic rings. The van der Waals surface area contributed by atoms with Crippen LogP contribution in [0.1, 0.15) is 54.1 Å². The average Bonchev–Trinajstić information content (AvgIpc) is 3.32. The van der Waals surface area contributed by atoms with E-state index in [1.807, 2.05) is 43.3 Å². The first kappa shape index (κ1) is 22.5. The summed E-state index contributed by atoms with van der Waals surface area (Å²) in [4.78, 5) is 17.1. The van der Waals surface area contributed by atoms with Gasteiger partial charge in [0.15, 0.2) is 0 Å². The summed E-state index contributed by atoms with van der Waals surface area (Å²) in [5.74, 6) is -0.290. The highest BCUT2D eigenvalue weighted by molar-refractivity contribution is 7.09. The Kier molecular flexibility index (Phi) is 7.59. The number of anilines is 1. The number of carbonyl (C=O) groups is 1. The third kappa shape index (κ3) is 5.57. The zero-order valence-corrected chi connectivity index (χ0v) is 19.4. The number of hydrogen-bond acceptors (Lipinski definition) is 3. The van der Waals surface area contributed by atoms with Gasteiger partial charge in [0.2, 0.25) is 5.91 Å². The summed E-state index contributed by atoms with van der Waals surface area (Å²) in [6.07, 6.45) is 6.41. The van der Waals surface area contributed by atoms with Crippen LogP contribution in [0.25, 0.3) is 0 Å². The zero-order valence-electron chi connectivity index (χ0n) is 18.6. The van der Waals surface area contributed by atoms with Crippen LogP contribution in [0.15, 0.2) is 66.0 Å². The zero-order chi connectivity index (χ0) is 22.3. The Balaban J connectivity index is 1.70. The van der Waals surface area contributed by atoms with E-state index in [2.05, 4.69) is 21.7 Å². The van der Waals surface area contributed by atoms with E-state index in [4.69, 9.17) is 0 Å². The van der Waals surface area contributed by atoms with Crippen LogP contribution in [0.5, 0.6) is 0 Å². The molecule has 2 aromatic carbocycles. The van der Waals surface area contributed by atoms with Crippen molar-refractivity contribution in [1.29, 1.82) is 0 Å². The Morgan fingerprint density at radius 1 is 1.09 bits per heavy atom. The van der Waals surface area contributed by atoms with Crippen molar-refractivity contribution in [3.05, 3.63) is 87.9 Å². The maximum Gasteiger partial charge on any atom is 0.247 e. The molecule has 4 rings (SSSR count). The van der Waals surface area contributed by atoms with Crippen LogP contribution in [0.3, 0.4) is 0 Å². The molecule has 0 bridgehead atoms. The van der Waals surface area contributed by atoms with Gasteiger partial charge in [-0.2, -0.15) is 0 Å². The van der Waals surface area contributed by atoms with Crippen LogP contribution < -0.4 is 10.2 Å². The van der Waals surface area contributed by atoms with E-state index in [-0.39, 0.29) is 17.8 Å². The number of thiophene rings is 1. The van der Waals surface area contributed by atoms with E-state index in [0.29, 0.717) is 6.54 Å². The van der Waals surface area contributed by atoms with Crippen LogP contribution in [-0.4, -0.2) is 18.5 Å². The molecular formula is C27H31FN2OS. The van der Waals surface area contributed by atoms with E-state index >= 15 is 0 Å². The number of nitrogens with one attached hydrogen (secondary N) is 1. The van der Waals surface area contributed by atoms with Crippen LogP contribution >= 0.6 is 11.3 Å². The first-order valence-electron chi connectivity index (χ1n) is 11.5. The molecule has 1 unspecified atom stereocenters. The van der Waals surface area contributed by atoms with Gasteiger partial charge in [-0.15, -0.1) is 11.3 Å². The summed E-state index contributed by atoms with van der Waals surface area (Å²) in [6, 6.07) is 18.5. The van der Waals surface area contributed by atoms with Gasteiger partial charge in [-0.3, -0.25) is 4.79 Å². The van der Waals surface area contributed by atoms with Crippen molar-refractivity contribution in [2.45, 2.75) is 57.5 Å². The van der Waals surface area contributed by atoms with Gasteiger partial charge in [-0.1, -0.05) is 55.7 Å². The van der Waals surface area contributed by atoms with Gasteiger partial charge < -0.3 is 10.2 Å². The number of benzene rings is 2. The Labute approximate surface area is 194 Å². The molecule has 1 aromatic heterocycles. The van der Waals surface area contributed by atoms with Crippen LogP contribution in [0, 0.1) is 12.7 Å². The molecule has 1 aliphatic carbocycles. The van der Waals surface area contributed by atoms with E-state index in [0.717, 1.165) is 48.9 Å². The second-order valence-corrected chi connectivity index (χ2v) is 9.64. The molecule has 0 radical (unpaired) electrons. The Hall–Kier alpha value is -2.66.